The lowest BCUT2D eigenvalue weighted by Crippen LogP contribution is -2.21. The summed E-state index contributed by atoms with van der Waals surface area (Å²) in [4.78, 5) is 18.3. The summed E-state index contributed by atoms with van der Waals surface area (Å²) in [7, 11) is 0. The Morgan fingerprint density at radius 3 is 2.86 bits per heavy atom. The van der Waals surface area contributed by atoms with Crippen LogP contribution in [0.5, 0.6) is 5.88 Å². The Labute approximate surface area is 128 Å². The van der Waals surface area contributed by atoms with Gasteiger partial charge in [-0.15, -0.1) is 0 Å². The Balaban J connectivity index is 1.50. The molecule has 1 aliphatic rings. The van der Waals surface area contributed by atoms with Gasteiger partial charge in [0.2, 0.25) is 0 Å². The van der Waals surface area contributed by atoms with E-state index in [1.807, 2.05) is 6.07 Å². The first-order chi connectivity index (χ1) is 10.7. The maximum atomic E-state index is 11.8. The molecule has 1 amide bonds. The molecular weight excluding hydrogens is 284 g/mol. The van der Waals surface area contributed by atoms with Gasteiger partial charge in [-0.2, -0.15) is 0 Å². The first-order valence-electron chi connectivity index (χ1n) is 7.28. The van der Waals surface area contributed by atoms with Gasteiger partial charge in [-0.3, -0.25) is 4.79 Å². The molecule has 3 rings (SSSR count). The van der Waals surface area contributed by atoms with Crippen LogP contribution in [-0.4, -0.2) is 35.7 Å². The number of hydrogen-bond acceptors (Lipinski definition) is 6. The molecule has 3 heterocycles. The molecule has 0 spiro atoms. The molecule has 1 aliphatic heterocycles. The van der Waals surface area contributed by atoms with Crippen molar-refractivity contribution >= 4 is 17.4 Å². The molecule has 0 bridgehead atoms. The van der Waals surface area contributed by atoms with Gasteiger partial charge >= 0.3 is 0 Å². The van der Waals surface area contributed by atoms with Crippen molar-refractivity contribution in [1.82, 2.24) is 10.1 Å². The quantitative estimate of drug-likeness (QED) is 0.910. The van der Waals surface area contributed by atoms with Crippen LogP contribution < -0.4 is 15.0 Å². The predicted octanol–water partition coefficient (Wildman–Crippen LogP) is 2.00. The molecule has 22 heavy (non-hydrogen) atoms. The zero-order valence-corrected chi connectivity index (χ0v) is 12.4. The summed E-state index contributed by atoms with van der Waals surface area (Å²) in [6.45, 7) is 3.75. The van der Waals surface area contributed by atoms with Crippen molar-refractivity contribution < 1.29 is 14.1 Å². The third-order valence-electron chi connectivity index (χ3n) is 3.44. The molecule has 0 aliphatic carbocycles. The lowest BCUT2D eigenvalue weighted by molar-refractivity contribution is -0.118. The molecule has 7 heteroatoms. The highest BCUT2D eigenvalue weighted by Gasteiger charge is 2.13. The van der Waals surface area contributed by atoms with Gasteiger partial charge in [-0.05, 0) is 37.1 Å². The lowest BCUT2D eigenvalue weighted by atomic mass is 10.3. The zero-order valence-electron chi connectivity index (χ0n) is 12.4. The monoisotopic (exact) mass is 302 g/mol. The maximum absolute atomic E-state index is 11.8. The summed E-state index contributed by atoms with van der Waals surface area (Å²) in [5, 5.41) is 6.34. The van der Waals surface area contributed by atoms with E-state index in [9.17, 15) is 4.79 Å². The minimum absolute atomic E-state index is 0.137. The van der Waals surface area contributed by atoms with Gasteiger partial charge in [0, 0.05) is 19.2 Å². The Bertz CT molecular complexity index is 632. The zero-order chi connectivity index (χ0) is 15.4. The van der Waals surface area contributed by atoms with Crippen molar-refractivity contribution in [1.29, 1.82) is 0 Å². The van der Waals surface area contributed by atoms with Crippen molar-refractivity contribution in [2.75, 3.05) is 29.9 Å². The van der Waals surface area contributed by atoms with Gasteiger partial charge in [-0.1, -0.05) is 0 Å². The largest absolute Gasteiger partial charge is 0.465 e. The van der Waals surface area contributed by atoms with Crippen LogP contribution in [0.25, 0.3) is 0 Å². The molecule has 1 saturated heterocycles. The number of pyridine rings is 1. The van der Waals surface area contributed by atoms with Crippen LogP contribution in [0.1, 0.15) is 18.6 Å². The summed E-state index contributed by atoms with van der Waals surface area (Å²) < 4.78 is 10.1. The molecule has 116 valence electrons. The topological polar surface area (TPSA) is 80.5 Å². The number of hydrogen-bond donors (Lipinski definition) is 1. The average Bonchev–Trinajstić information content (AvgIpc) is 3.17. The van der Waals surface area contributed by atoms with E-state index in [-0.39, 0.29) is 12.5 Å². The third kappa shape index (κ3) is 3.55. The highest BCUT2D eigenvalue weighted by Crippen LogP contribution is 2.20. The normalized spacial score (nSPS) is 14.1. The van der Waals surface area contributed by atoms with Crippen molar-refractivity contribution in [3.8, 4) is 5.88 Å². The van der Waals surface area contributed by atoms with Gasteiger partial charge < -0.3 is 19.5 Å². The van der Waals surface area contributed by atoms with Crippen LogP contribution in [0.3, 0.4) is 0 Å². The number of carbonyl (C=O) groups excluding carboxylic acids is 1. The summed E-state index contributed by atoms with van der Waals surface area (Å²) >= 11 is 0. The molecule has 2 aromatic heterocycles. The van der Waals surface area contributed by atoms with E-state index in [0.29, 0.717) is 17.5 Å². The lowest BCUT2D eigenvalue weighted by Gasteiger charge is -2.17. The van der Waals surface area contributed by atoms with Crippen LogP contribution in [0.4, 0.5) is 11.5 Å². The number of anilines is 2. The number of aryl methyl sites for hydroxylation is 1. The van der Waals surface area contributed by atoms with Gasteiger partial charge in [0.05, 0.1) is 11.9 Å². The van der Waals surface area contributed by atoms with E-state index in [1.165, 1.54) is 12.8 Å². The van der Waals surface area contributed by atoms with Crippen molar-refractivity contribution in [2.24, 2.45) is 0 Å². The Morgan fingerprint density at radius 2 is 2.23 bits per heavy atom. The minimum Gasteiger partial charge on any atom is -0.465 e. The van der Waals surface area contributed by atoms with Crippen LogP contribution in [0.2, 0.25) is 0 Å². The second kappa shape index (κ2) is 6.46. The molecule has 0 unspecified atom stereocenters. The van der Waals surface area contributed by atoms with Gasteiger partial charge in [-0.25, -0.2) is 4.98 Å². The first-order valence-corrected chi connectivity index (χ1v) is 7.28. The van der Waals surface area contributed by atoms with Crippen molar-refractivity contribution in [3.05, 3.63) is 30.2 Å². The van der Waals surface area contributed by atoms with E-state index in [1.54, 1.807) is 25.3 Å². The Kier molecular flexibility index (Phi) is 4.22. The van der Waals surface area contributed by atoms with Gasteiger partial charge in [0.25, 0.3) is 11.8 Å². The predicted molar refractivity (Wildman–Crippen MR) is 81.0 cm³/mol. The minimum atomic E-state index is -0.290. The fourth-order valence-electron chi connectivity index (χ4n) is 2.35. The van der Waals surface area contributed by atoms with Gasteiger partial charge in [0.1, 0.15) is 11.6 Å². The number of carbonyl (C=O) groups is 1. The molecule has 7 nitrogen and oxygen atoms in total. The second-order valence-electron chi connectivity index (χ2n) is 5.21. The summed E-state index contributed by atoms with van der Waals surface area (Å²) in [6.07, 6.45) is 4.22. The summed E-state index contributed by atoms with van der Waals surface area (Å²) in [6, 6.07) is 5.39. The van der Waals surface area contributed by atoms with E-state index in [4.69, 9.17) is 9.26 Å². The smallest absolute Gasteiger partial charge is 0.263 e. The molecule has 0 atom stereocenters. The number of ether oxygens (including phenoxy) is 1. The molecule has 1 N–H and O–H groups in total. The molecular formula is C15H18N4O3. The SMILES string of the molecule is Cc1cc(OCC(=O)Nc2ccc(N3CCCC3)cn2)no1. The molecule has 1 fully saturated rings. The first kappa shape index (κ1) is 14.4. The second-order valence-corrected chi connectivity index (χ2v) is 5.21. The molecule has 0 saturated carbocycles. The van der Waals surface area contributed by atoms with E-state index in [2.05, 4.69) is 20.4 Å². The average molecular weight is 302 g/mol. The molecule has 2 aromatic rings. The fraction of sp³-hybridized carbons (Fsp3) is 0.400. The third-order valence-corrected chi connectivity index (χ3v) is 3.44. The maximum Gasteiger partial charge on any atom is 0.263 e. The fourth-order valence-corrected chi connectivity index (χ4v) is 2.35. The van der Waals surface area contributed by atoms with Crippen LogP contribution >= 0.6 is 0 Å². The number of nitrogens with one attached hydrogen (secondary N) is 1. The number of rotatable bonds is 5. The molecule has 0 aromatic carbocycles. The summed E-state index contributed by atoms with van der Waals surface area (Å²) in [5.74, 6) is 1.15. The Hall–Kier alpha value is -2.57. The van der Waals surface area contributed by atoms with Crippen molar-refractivity contribution in [3.63, 3.8) is 0 Å². The van der Waals surface area contributed by atoms with E-state index >= 15 is 0 Å². The standard InChI is InChI=1S/C15H18N4O3/c1-11-8-15(18-22-11)21-10-14(20)17-13-5-4-12(9-16-13)19-6-2-3-7-19/h4-5,8-9H,2-3,6-7,10H2,1H3,(H,16,17,20). The van der Waals surface area contributed by atoms with Gasteiger partial charge in [0.15, 0.2) is 6.61 Å². The van der Waals surface area contributed by atoms with Crippen LogP contribution in [-0.2, 0) is 4.79 Å². The van der Waals surface area contributed by atoms with E-state index in [0.717, 1.165) is 18.8 Å². The number of aromatic nitrogens is 2. The highest BCUT2D eigenvalue weighted by atomic mass is 16.5. The van der Waals surface area contributed by atoms with Crippen LogP contribution in [0, 0.1) is 6.92 Å². The summed E-state index contributed by atoms with van der Waals surface area (Å²) in [5.41, 5.74) is 1.09. The highest BCUT2D eigenvalue weighted by molar-refractivity contribution is 5.91. The van der Waals surface area contributed by atoms with Crippen LogP contribution in [0.15, 0.2) is 28.9 Å². The number of nitrogens with zero attached hydrogens (tertiary/aromatic N) is 3. The number of amides is 1. The van der Waals surface area contributed by atoms with E-state index < -0.39 is 0 Å². The van der Waals surface area contributed by atoms with Crippen molar-refractivity contribution in [2.45, 2.75) is 19.8 Å². The Morgan fingerprint density at radius 1 is 1.41 bits per heavy atom. The molecule has 0 radical (unpaired) electrons.